The topological polar surface area (TPSA) is 74.6 Å². The number of rotatable bonds is 10. The van der Waals surface area contributed by atoms with Crippen molar-refractivity contribution in [3.05, 3.63) is 46.5 Å². The van der Waals surface area contributed by atoms with Gasteiger partial charge in [-0.2, -0.15) is 0 Å². The van der Waals surface area contributed by atoms with Crippen LogP contribution in [0.15, 0.2) is 24.3 Å². The second-order valence-corrected chi connectivity index (χ2v) is 6.87. The molecule has 0 heterocycles. The second kappa shape index (κ2) is 9.37. The van der Waals surface area contributed by atoms with Gasteiger partial charge in [0, 0.05) is 5.39 Å². The minimum Gasteiger partial charge on any atom is -0.478 e. The molecular weight excluding hydrogens is 328 g/mol. The summed E-state index contributed by atoms with van der Waals surface area (Å²) in [5.74, 6) is -2.12. The summed E-state index contributed by atoms with van der Waals surface area (Å²) < 4.78 is 0. The van der Waals surface area contributed by atoms with Gasteiger partial charge in [-0.25, -0.2) is 9.59 Å². The highest BCUT2D eigenvalue weighted by atomic mass is 16.4. The first-order valence-electron chi connectivity index (χ1n) is 9.54. The summed E-state index contributed by atoms with van der Waals surface area (Å²) in [7, 11) is 0. The van der Waals surface area contributed by atoms with Gasteiger partial charge in [-0.3, -0.25) is 0 Å². The average Bonchev–Trinajstić information content (AvgIpc) is 2.60. The van der Waals surface area contributed by atoms with Gasteiger partial charge in [0.2, 0.25) is 0 Å². The van der Waals surface area contributed by atoms with E-state index in [0.29, 0.717) is 17.2 Å². The van der Waals surface area contributed by atoms with Crippen molar-refractivity contribution < 1.29 is 19.8 Å². The smallest absolute Gasteiger partial charge is 0.336 e. The quantitative estimate of drug-likeness (QED) is 0.535. The normalized spacial score (nSPS) is 11.0. The van der Waals surface area contributed by atoms with Crippen LogP contribution in [-0.4, -0.2) is 22.2 Å². The lowest BCUT2D eigenvalue weighted by molar-refractivity contribution is 0.0694. The van der Waals surface area contributed by atoms with E-state index in [1.165, 1.54) is 0 Å². The first-order valence-corrected chi connectivity index (χ1v) is 9.54. The molecule has 0 aliphatic rings. The van der Waals surface area contributed by atoms with E-state index >= 15 is 0 Å². The summed E-state index contributed by atoms with van der Waals surface area (Å²) in [6, 6.07) is 7.32. The summed E-state index contributed by atoms with van der Waals surface area (Å²) in [5.41, 5.74) is 1.93. The fourth-order valence-corrected chi connectivity index (χ4v) is 3.48. The summed E-state index contributed by atoms with van der Waals surface area (Å²) >= 11 is 0. The highest BCUT2D eigenvalue weighted by Crippen LogP contribution is 2.29. The number of aromatic carboxylic acids is 2. The summed E-state index contributed by atoms with van der Waals surface area (Å²) in [6.45, 7) is 4.23. The van der Waals surface area contributed by atoms with Gasteiger partial charge in [-0.15, -0.1) is 0 Å². The molecule has 0 aliphatic carbocycles. The van der Waals surface area contributed by atoms with Crippen molar-refractivity contribution in [3.63, 3.8) is 0 Å². The van der Waals surface area contributed by atoms with Crippen molar-refractivity contribution >= 4 is 22.7 Å². The Bertz CT molecular complexity index is 792. The van der Waals surface area contributed by atoms with E-state index in [-0.39, 0.29) is 11.1 Å². The molecule has 0 bridgehead atoms. The average molecular weight is 356 g/mol. The molecule has 0 unspecified atom stereocenters. The molecule has 0 saturated heterocycles. The molecule has 2 aromatic rings. The zero-order chi connectivity index (χ0) is 19.1. The molecule has 4 heteroatoms. The van der Waals surface area contributed by atoms with E-state index in [2.05, 4.69) is 13.8 Å². The molecular formula is C22H28O4. The largest absolute Gasteiger partial charge is 0.478 e. The summed E-state index contributed by atoms with van der Waals surface area (Å²) in [6.07, 6.45) is 7.65. The van der Waals surface area contributed by atoms with Crippen LogP contribution in [0.5, 0.6) is 0 Å². The van der Waals surface area contributed by atoms with Gasteiger partial charge >= 0.3 is 11.9 Å². The number of carboxylic acid groups (broad SMARTS) is 2. The van der Waals surface area contributed by atoms with Crippen LogP contribution in [-0.2, 0) is 12.8 Å². The molecule has 4 nitrogen and oxygen atoms in total. The van der Waals surface area contributed by atoms with Crippen molar-refractivity contribution in [2.75, 3.05) is 0 Å². The van der Waals surface area contributed by atoms with Gasteiger partial charge in [0.15, 0.2) is 0 Å². The van der Waals surface area contributed by atoms with Crippen molar-refractivity contribution in [2.24, 2.45) is 0 Å². The predicted octanol–water partition coefficient (Wildman–Crippen LogP) is 5.70. The predicted molar refractivity (Wildman–Crippen MR) is 104 cm³/mol. The van der Waals surface area contributed by atoms with Crippen molar-refractivity contribution in [2.45, 2.75) is 65.2 Å². The van der Waals surface area contributed by atoms with E-state index < -0.39 is 11.9 Å². The van der Waals surface area contributed by atoms with Gasteiger partial charge in [-0.05, 0) is 48.3 Å². The molecule has 2 N–H and O–H groups in total. The zero-order valence-electron chi connectivity index (χ0n) is 15.7. The molecule has 0 radical (unpaired) electrons. The van der Waals surface area contributed by atoms with Crippen LogP contribution in [0.25, 0.3) is 10.8 Å². The minimum atomic E-state index is -1.07. The number of fused-ring (bicyclic) bond motifs is 1. The first kappa shape index (κ1) is 20.0. The first-order chi connectivity index (χ1) is 12.5. The van der Waals surface area contributed by atoms with E-state index in [9.17, 15) is 19.8 Å². The molecule has 0 spiro atoms. The third-order valence-electron chi connectivity index (χ3n) is 4.83. The monoisotopic (exact) mass is 356 g/mol. The standard InChI is InChI=1S/C22H28O4/c1-3-5-7-9-15-13-17-12-11-16(10-8-6-4-2)20(22(25)26)19(17)18(14-15)21(23)24/h11-14H,3-10H2,1-2H3,(H,23,24)(H,25,26). The number of hydrogen-bond donors (Lipinski definition) is 2. The molecule has 2 aromatic carbocycles. The molecule has 26 heavy (non-hydrogen) atoms. The molecule has 0 fully saturated rings. The number of carboxylic acids is 2. The minimum absolute atomic E-state index is 0.101. The molecule has 140 valence electrons. The van der Waals surface area contributed by atoms with Crippen LogP contribution in [0, 0.1) is 0 Å². The van der Waals surface area contributed by atoms with Gasteiger partial charge in [0.1, 0.15) is 0 Å². The van der Waals surface area contributed by atoms with Crippen LogP contribution < -0.4 is 0 Å². The Hall–Kier alpha value is -2.36. The SMILES string of the molecule is CCCCCc1cc(C(=O)O)c2c(C(=O)O)c(CCCCC)ccc2c1. The van der Waals surface area contributed by atoms with E-state index in [0.717, 1.165) is 56.1 Å². The summed E-state index contributed by atoms with van der Waals surface area (Å²) in [5, 5.41) is 20.5. The van der Waals surface area contributed by atoms with E-state index in [1.807, 2.05) is 18.2 Å². The maximum absolute atomic E-state index is 11.9. The van der Waals surface area contributed by atoms with Crippen LogP contribution >= 0.6 is 0 Å². The number of hydrogen-bond acceptors (Lipinski definition) is 2. The fraction of sp³-hybridized carbons (Fsp3) is 0.455. The maximum Gasteiger partial charge on any atom is 0.336 e. The molecule has 0 saturated carbocycles. The lowest BCUT2D eigenvalue weighted by atomic mass is 9.90. The highest BCUT2D eigenvalue weighted by Gasteiger charge is 2.20. The van der Waals surface area contributed by atoms with Gasteiger partial charge in [0.25, 0.3) is 0 Å². The summed E-state index contributed by atoms with van der Waals surface area (Å²) in [4.78, 5) is 23.8. The second-order valence-electron chi connectivity index (χ2n) is 6.87. The molecule has 0 atom stereocenters. The van der Waals surface area contributed by atoms with Crippen LogP contribution in [0.1, 0.15) is 84.2 Å². The number of aryl methyl sites for hydroxylation is 2. The number of unbranched alkanes of at least 4 members (excludes halogenated alkanes) is 4. The Labute approximate surface area is 154 Å². The third kappa shape index (κ3) is 4.63. The molecule has 2 rings (SSSR count). The Morgan fingerprint density at radius 2 is 1.50 bits per heavy atom. The molecule has 0 amide bonds. The fourth-order valence-electron chi connectivity index (χ4n) is 3.48. The zero-order valence-corrected chi connectivity index (χ0v) is 15.7. The van der Waals surface area contributed by atoms with E-state index in [1.54, 1.807) is 6.07 Å². The highest BCUT2D eigenvalue weighted by molar-refractivity contribution is 6.13. The maximum atomic E-state index is 11.9. The van der Waals surface area contributed by atoms with Crippen molar-refractivity contribution in [1.82, 2.24) is 0 Å². The lowest BCUT2D eigenvalue weighted by Crippen LogP contribution is -2.09. The van der Waals surface area contributed by atoms with Gasteiger partial charge < -0.3 is 10.2 Å². The van der Waals surface area contributed by atoms with Gasteiger partial charge in [0.05, 0.1) is 11.1 Å². The van der Waals surface area contributed by atoms with Gasteiger partial charge in [-0.1, -0.05) is 57.7 Å². The Balaban J connectivity index is 2.58. The Kier molecular flexibility index (Phi) is 7.19. The van der Waals surface area contributed by atoms with Crippen LogP contribution in [0.3, 0.4) is 0 Å². The lowest BCUT2D eigenvalue weighted by Gasteiger charge is -2.14. The Morgan fingerprint density at radius 3 is 2.08 bits per heavy atom. The third-order valence-corrected chi connectivity index (χ3v) is 4.83. The van der Waals surface area contributed by atoms with Crippen LogP contribution in [0.2, 0.25) is 0 Å². The van der Waals surface area contributed by atoms with Crippen molar-refractivity contribution in [1.29, 1.82) is 0 Å². The van der Waals surface area contributed by atoms with Crippen molar-refractivity contribution in [3.8, 4) is 0 Å². The molecule has 0 aliphatic heterocycles. The number of carbonyl (C=O) groups is 2. The van der Waals surface area contributed by atoms with Crippen LogP contribution in [0.4, 0.5) is 0 Å². The van der Waals surface area contributed by atoms with E-state index in [4.69, 9.17) is 0 Å². The Morgan fingerprint density at radius 1 is 0.846 bits per heavy atom. The molecule has 0 aromatic heterocycles. The number of benzene rings is 2.